The monoisotopic (exact) mass is 904 g/mol. The maximum Gasteiger partial charge on any atom is 0.269 e. The number of aromatic hydroxyl groups is 2. The molecule has 0 amide bonds. The number of nitrogens with zero attached hydrogens (tertiary/aromatic N) is 2. The van der Waals surface area contributed by atoms with Gasteiger partial charge in [0, 0.05) is 73.3 Å². The summed E-state index contributed by atoms with van der Waals surface area (Å²) in [6.07, 6.45) is 0. The lowest BCUT2D eigenvalue weighted by Crippen LogP contribution is -2.04. The molecule has 0 atom stereocenters. The highest BCUT2D eigenvalue weighted by Crippen LogP contribution is 2.37. The summed E-state index contributed by atoms with van der Waals surface area (Å²) in [6.45, 7) is 5.20. The Morgan fingerprint density at radius 1 is 0.600 bits per heavy atom. The molecule has 0 aliphatic carbocycles. The first-order valence-corrected chi connectivity index (χ1v) is 20.5. The minimum absolute atomic E-state index is 0.00628. The van der Waals surface area contributed by atoms with E-state index in [1.165, 1.54) is 85.9 Å². The van der Waals surface area contributed by atoms with Crippen LogP contribution in [0.5, 0.6) is 11.5 Å². The third-order valence-electron chi connectivity index (χ3n) is 8.65. The van der Waals surface area contributed by atoms with Crippen LogP contribution >= 0.6 is 58.3 Å². The lowest BCUT2D eigenvalue weighted by molar-refractivity contribution is -0.385. The molecule has 0 bridgehead atoms. The van der Waals surface area contributed by atoms with E-state index in [1.54, 1.807) is 24.3 Å². The molecule has 4 N–H and O–H groups in total. The quantitative estimate of drug-likeness (QED) is 0.0351. The van der Waals surface area contributed by atoms with Crippen LogP contribution in [0.15, 0.2) is 129 Å². The molecule has 6 aromatic carbocycles. The third-order valence-corrected chi connectivity index (χ3v) is 11.7. The number of nitro groups is 2. The first-order valence-electron chi connectivity index (χ1n) is 17.8. The minimum Gasteiger partial charge on any atom is -0.506 e. The third kappa shape index (κ3) is 12.1. The second-order valence-corrected chi connectivity index (χ2v) is 16.6. The fourth-order valence-electron chi connectivity index (χ4n) is 5.53. The number of carbonyl (C=O) groups excluding carboxylic acids is 2. The van der Waals surface area contributed by atoms with Crippen LogP contribution < -0.4 is 10.6 Å². The normalized spacial score (nSPS) is 10.6. The van der Waals surface area contributed by atoms with Crippen molar-refractivity contribution in [3.63, 3.8) is 0 Å². The molecule has 0 saturated carbocycles. The van der Waals surface area contributed by atoms with E-state index in [9.17, 15) is 40.0 Å². The van der Waals surface area contributed by atoms with Crippen molar-refractivity contribution in [3.05, 3.63) is 172 Å². The van der Waals surface area contributed by atoms with E-state index >= 15 is 0 Å². The van der Waals surface area contributed by atoms with Gasteiger partial charge >= 0.3 is 0 Å². The molecule has 0 heterocycles. The van der Waals surface area contributed by atoms with Crippen LogP contribution in [0.2, 0.25) is 15.1 Å². The van der Waals surface area contributed by atoms with Gasteiger partial charge < -0.3 is 20.8 Å². The van der Waals surface area contributed by atoms with Crippen molar-refractivity contribution >= 4 is 92.6 Å². The van der Waals surface area contributed by atoms with Gasteiger partial charge in [-0.15, -0.1) is 0 Å². The average molecular weight is 906 g/mol. The Bertz CT molecular complexity index is 2420. The Hall–Kier alpha value is -5.77. The second kappa shape index (κ2) is 20.5. The predicted molar refractivity (Wildman–Crippen MR) is 238 cm³/mol. The summed E-state index contributed by atoms with van der Waals surface area (Å²) in [5.74, 6) is -1.18. The van der Waals surface area contributed by atoms with Crippen molar-refractivity contribution in [1.82, 2.24) is 0 Å². The number of aryl methyl sites for hydroxylation is 1. The smallest absolute Gasteiger partial charge is 0.269 e. The van der Waals surface area contributed by atoms with E-state index < -0.39 is 9.85 Å². The number of hydrogen-bond donors (Lipinski definition) is 4. The van der Waals surface area contributed by atoms with E-state index in [-0.39, 0.29) is 68.7 Å². The van der Waals surface area contributed by atoms with Crippen molar-refractivity contribution in [3.8, 4) is 11.5 Å². The molecule has 0 spiro atoms. The van der Waals surface area contributed by atoms with E-state index in [0.717, 1.165) is 30.7 Å². The van der Waals surface area contributed by atoms with Crippen molar-refractivity contribution in [2.45, 2.75) is 53.4 Å². The molecule has 6 rings (SSSR count). The van der Waals surface area contributed by atoms with Crippen LogP contribution in [0.1, 0.15) is 51.3 Å². The van der Waals surface area contributed by atoms with Gasteiger partial charge in [0.25, 0.3) is 11.4 Å². The molecular weight excluding hydrogens is 871 g/mol. The summed E-state index contributed by atoms with van der Waals surface area (Å²) < 4.78 is 0. The number of nitro benzene ring substituents is 2. The highest BCUT2D eigenvalue weighted by Gasteiger charge is 2.17. The molecule has 0 unspecified atom stereocenters. The fourth-order valence-corrected chi connectivity index (χ4v) is 7.94. The number of nitrogens with one attached hydrogen (secondary N) is 2. The number of anilines is 2. The topological polar surface area (TPSA) is 185 Å². The maximum atomic E-state index is 11.7. The second-order valence-electron chi connectivity index (χ2n) is 13.1. The molecule has 0 saturated heterocycles. The molecule has 0 aliphatic rings. The SMILES string of the molecule is CC(=O)c1cc(NCc2cc([N+](=O)[O-])ccc2Sc2ccc(C)cc2)cc(Cl)c1O.CC(=O)c1cc(NCc2cc([N+](=O)[O-])ccc2Sc2ccc(Cl)cc2)cc(Cl)c1O. The zero-order valence-corrected chi connectivity index (χ0v) is 35.9. The van der Waals surface area contributed by atoms with E-state index in [4.69, 9.17) is 34.8 Å². The first-order chi connectivity index (χ1) is 28.5. The molecule has 0 fully saturated rings. The predicted octanol–water partition coefficient (Wildman–Crippen LogP) is 12.8. The van der Waals surface area contributed by atoms with Crippen molar-refractivity contribution in [1.29, 1.82) is 0 Å². The van der Waals surface area contributed by atoms with Gasteiger partial charge in [0.15, 0.2) is 11.6 Å². The average Bonchev–Trinajstić information content (AvgIpc) is 3.21. The highest BCUT2D eigenvalue weighted by molar-refractivity contribution is 7.99. The van der Waals surface area contributed by atoms with Gasteiger partial charge in [0.2, 0.25) is 0 Å². The Morgan fingerprint density at radius 3 is 1.35 bits per heavy atom. The molecule has 308 valence electrons. The van der Waals surface area contributed by atoms with Gasteiger partial charge in [-0.3, -0.25) is 29.8 Å². The Balaban J connectivity index is 0.000000228. The number of non-ortho nitro benzene ring substituents is 2. The molecule has 17 heteroatoms. The lowest BCUT2D eigenvalue weighted by Gasteiger charge is -2.13. The number of hydrogen-bond acceptors (Lipinski definition) is 12. The summed E-state index contributed by atoms with van der Waals surface area (Å²) in [4.78, 5) is 48.6. The lowest BCUT2D eigenvalue weighted by atomic mass is 10.1. The molecule has 12 nitrogen and oxygen atoms in total. The minimum atomic E-state index is -0.453. The summed E-state index contributed by atoms with van der Waals surface area (Å²) in [5.41, 5.74) is 3.78. The number of phenols is 2. The highest BCUT2D eigenvalue weighted by atomic mass is 35.5. The van der Waals surface area contributed by atoms with Gasteiger partial charge in [-0.25, -0.2) is 0 Å². The molecule has 0 aromatic heterocycles. The summed E-state index contributed by atoms with van der Waals surface area (Å²) in [5, 5.41) is 49.3. The summed E-state index contributed by atoms with van der Waals surface area (Å²) in [7, 11) is 0. The van der Waals surface area contributed by atoms with Gasteiger partial charge in [-0.2, -0.15) is 0 Å². The van der Waals surface area contributed by atoms with Crippen LogP contribution in [-0.4, -0.2) is 31.6 Å². The molecule has 6 aromatic rings. The number of benzene rings is 6. The Kier molecular flexibility index (Phi) is 15.5. The van der Waals surface area contributed by atoms with Crippen LogP contribution in [0.25, 0.3) is 0 Å². The number of ketones is 2. The molecule has 60 heavy (non-hydrogen) atoms. The van der Waals surface area contributed by atoms with Crippen LogP contribution in [0, 0.1) is 27.2 Å². The van der Waals surface area contributed by atoms with Gasteiger partial charge in [0.05, 0.1) is 31.0 Å². The zero-order valence-electron chi connectivity index (χ0n) is 32.0. The first kappa shape index (κ1) is 45.3. The largest absolute Gasteiger partial charge is 0.506 e. The summed E-state index contributed by atoms with van der Waals surface area (Å²) in [6, 6.07) is 30.7. The molecular formula is C43H35Cl3N4O8S2. The van der Waals surface area contributed by atoms with Gasteiger partial charge in [0.1, 0.15) is 11.5 Å². The van der Waals surface area contributed by atoms with E-state index in [0.29, 0.717) is 22.0 Å². The number of Topliss-reactive ketones (excluding diaryl/α,β-unsaturated/α-hetero) is 2. The number of halogens is 3. The Morgan fingerprint density at radius 2 is 0.983 bits per heavy atom. The van der Waals surface area contributed by atoms with Crippen LogP contribution in [0.4, 0.5) is 22.7 Å². The van der Waals surface area contributed by atoms with Crippen molar-refractivity contribution in [2.24, 2.45) is 0 Å². The number of rotatable bonds is 14. The zero-order chi connectivity index (χ0) is 43.7. The number of phenolic OH excluding ortho intramolecular Hbond substituents is 2. The van der Waals surface area contributed by atoms with Gasteiger partial charge in [-0.05, 0) is 105 Å². The fraction of sp³-hybridized carbons (Fsp3) is 0.116. The maximum absolute atomic E-state index is 11.7. The number of carbonyl (C=O) groups is 2. The molecule has 0 radical (unpaired) electrons. The standard InChI is InChI=1S/C22H19ClN2O4S.C21H16Cl2N2O4S/c1-13-3-6-18(7-4-13)30-21-8-5-17(25(28)29)9-15(21)12-24-16-10-19(14(2)26)22(27)20(23)11-16;1-12(26)18-9-15(10-19(23)21(18)27)24-11-13-8-16(25(28)29)4-7-20(13)30-17-5-2-14(22)3-6-17/h3-11,24,27H,12H2,1-2H3;2-10,24,27H,11H2,1H3. The van der Waals surface area contributed by atoms with E-state index in [1.807, 2.05) is 43.3 Å². The van der Waals surface area contributed by atoms with Crippen molar-refractivity contribution in [2.75, 3.05) is 10.6 Å². The van der Waals surface area contributed by atoms with E-state index in [2.05, 4.69) is 10.6 Å². The molecule has 0 aliphatic heterocycles. The van der Waals surface area contributed by atoms with Crippen molar-refractivity contribution < 1.29 is 29.6 Å². The van der Waals surface area contributed by atoms with Gasteiger partial charge in [-0.1, -0.05) is 76.0 Å². The van der Waals surface area contributed by atoms with Crippen LogP contribution in [0.3, 0.4) is 0 Å². The summed E-state index contributed by atoms with van der Waals surface area (Å²) >= 11 is 20.9. The Labute approximate surface area is 368 Å². The van der Waals surface area contributed by atoms with Crippen LogP contribution in [-0.2, 0) is 13.1 Å².